The Morgan fingerprint density at radius 1 is 1.27 bits per heavy atom. The summed E-state index contributed by atoms with van der Waals surface area (Å²) in [5.74, 6) is 0.417. The van der Waals surface area contributed by atoms with E-state index in [2.05, 4.69) is 5.32 Å². The molecule has 0 saturated heterocycles. The van der Waals surface area contributed by atoms with Crippen LogP contribution in [-0.4, -0.2) is 30.1 Å². The fourth-order valence-electron chi connectivity index (χ4n) is 2.50. The number of thiocarbonyl (C=S) groups is 1. The number of ether oxygens (including phenoxy) is 1. The third kappa shape index (κ3) is 3.98. The summed E-state index contributed by atoms with van der Waals surface area (Å²) < 4.78 is 6.11. The van der Waals surface area contributed by atoms with Crippen LogP contribution in [0.3, 0.4) is 0 Å². The van der Waals surface area contributed by atoms with E-state index in [4.69, 9.17) is 28.6 Å². The third-order valence-electron chi connectivity index (χ3n) is 3.87. The van der Waals surface area contributed by atoms with Gasteiger partial charge >= 0.3 is 0 Å². The van der Waals surface area contributed by atoms with E-state index in [1.165, 1.54) is 11.3 Å². The molecule has 0 aliphatic carbocycles. The summed E-state index contributed by atoms with van der Waals surface area (Å²) in [4.78, 5) is 14.9. The topological polar surface area (TPSA) is 41.6 Å². The van der Waals surface area contributed by atoms with Crippen LogP contribution in [0.5, 0.6) is 5.75 Å². The molecule has 1 N–H and O–H groups in total. The number of methoxy groups -OCH3 is 1. The maximum absolute atomic E-state index is 12.6. The summed E-state index contributed by atoms with van der Waals surface area (Å²) in [5.41, 5.74) is 1.11. The first kappa shape index (κ1) is 18.6. The minimum atomic E-state index is -0.305. The van der Waals surface area contributed by atoms with Crippen molar-refractivity contribution < 1.29 is 9.53 Å². The highest BCUT2D eigenvalue weighted by atomic mass is 35.5. The molecule has 3 aromatic rings. The minimum Gasteiger partial charge on any atom is -0.497 e. The van der Waals surface area contributed by atoms with E-state index in [1.54, 1.807) is 7.11 Å². The van der Waals surface area contributed by atoms with Crippen LogP contribution in [0.15, 0.2) is 48.5 Å². The quantitative estimate of drug-likeness (QED) is 0.639. The summed E-state index contributed by atoms with van der Waals surface area (Å²) in [6, 6.07) is 15.5. The Labute approximate surface area is 166 Å². The SMILES string of the molecule is COc1ccc2c(Cl)c(C(=O)NC(=S)N(C)Cc3ccccc3)sc2c1. The summed E-state index contributed by atoms with van der Waals surface area (Å²) in [5, 5.41) is 4.37. The molecule has 7 heteroatoms. The molecule has 4 nitrogen and oxygen atoms in total. The number of amides is 1. The largest absolute Gasteiger partial charge is 0.497 e. The van der Waals surface area contributed by atoms with E-state index in [0.717, 1.165) is 21.4 Å². The van der Waals surface area contributed by atoms with Crippen LogP contribution in [0, 0.1) is 0 Å². The number of nitrogens with zero attached hydrogens (tertiary/aromatic N) is 1. The Hall–Kier alpha value is -2.15. The summed E-state index contributed by atoms with van der Waals surface area (Å²) >= 11 is 13.1. The van der Waals surface area contributed by atoms with Crippen molar-refractivity contribution in [2.75, 3.05) is 14.2 Å². The van der Waals surface area contributed by atoms with Crippen molar-refractivity contribution in [1.82, 2.24) is 10.2 Å². The lowest BCUT2D eigenvalue weighted by atomic mass is 10.2. The van der Waals surface area contributed by atoms with Gasteiger partial charge in [-0.25, -0.2) is 0 Å². The van der Waals surface area contributed by atoms with E-state index in [9.17, 15) is 4.79 Å². The van der Waals surface area contributed by atoms with Crippen LogP contribution in [0.2, 0.25) is 5.02 Å². The lowest BCUT2D eigenvalue weighted by molar-refractivity contribution is 0.0978. The molecule has 0 bridgehead atoms. The maximum Gasteiger partial charge on any atom is 0.269 e. The molecule has 1 aromatic heterocycles. The number of hydrogen-bond donors (Lipinski definition) is 1. The molecule has 0 atom stereocenters. The van der Waals surface area contributed by atoms with Gasteiger partial charge in [0.25, 0.3) is 5.91 Å². The molecule has 1 amide bonds. The fourth-order valence-corrected chi connectivity index (χ4v) is 4.09. The molecule has 0 unspecified atom stereocenters. The number of hydrogen-bond acceptors (Lipinski definition) is 4. The average Bonchev–Trinajstić information content (AvgIpc) is 2.98. The summed E-state index contributed by atoms with van der Waals surface area (Å²) in [6.07, 6.45) is 0. The van der Waals surface area contributed by atoms with E-state index < -0.39 is 0 Å². The number of thiophene rings is 1. The van der Waals surface area contributed by atoms with Gasteiger partial charge in [0.2, 0.25) is 0 Å². The van der Waals surface area contributed by atoms with Crippen molar-refractivity contribution in [3.05, 3.63) is 64.0 Å². The summed E-state index contributed by atoms with van der Waals surface area (Å²) in [7, 11) is 3.44. The van der Waals surface area contributed by atoms with Gasteiger partial charge in [-0.2, -0.15) is 0 Å². The monoisotopic (exact) mass is 404 g/mol. The van der Waals surface area contributed by atoms with Crippen LogP contribution < -0.4 is 10.1 Å². The molecule has 0 aliphatic heterocycles. The predicted molar refractivity (Wildman–Crippen MR) is 111 cm³/mol. The van der Waals surface area contributed by atoms with Gasteiger partial charge in [-0.1, -0.05) is 41.9 Å². The van der Waals surface area contributed by atoms with Gasteiger partial charge in [-0.15, -0.1) is 11.3 Å². The number of halogens is 1. The number of carbonyl (C=O) groups excluding carboxylic acids is 1. The molecule has 0 radical (unpaired) electrons. The first-order chi connectivity index (χ1) is 12.5. The Bertz CT molecular complexity index is 957. The fraction of sp³-hybridized carbons (Fsp3) is 0.158. The number of rotatable bonds is 4. The Kier molecular flexibility index (Phi) is 5.76. The normalized spacial score (nSPS) is 10.6. The maximum atomic E-state index is 12.6. The van der Waals surface area contributed by atoms with Crippen molar-refractivity contribution in [1.29, 1.82) is 0 Å². The van der Waals surface area contributed by atoms with Crippen LogP contribution >= 0.6 is 35.2 Å². The standard InChI is InChI=1S/C19H17ClN2O2S2/c1-22(11-12-6-4-3-5-7-12)19(25)21-18(23)17-16(20)14-9-8-13(24-2)10-15(14)26-17/h3-10H,11H2,1-2H3,(H,21,23,25). The highest BCUT2D eigenvalue weighted by Crippen LogP contribution is 2.37. The van der Waals surface area contributed by atoms with Gasteiger partial charge in [0.15, 0.2) is 5.11 Å². The van der Waals surface area contributed by atoms with Crippen LogP contribution in [0.25, 0.3) is 10.1 Å². The van der Waals surface area contributed by atoms with E-state index in [1.807, 2.05) is 60.5 Å². The van der Waals surface area contributed by atoms with Crippen LogP contribution in [0.1, 0.15) is 15.2 Å². The lowest BCUT2D eigenvalue weighted by Crippen LogP contribution is -2.39. The Morgan fingerprint density at radius 3 is 2.69 bits per heavy atom. The second-order valence-corrected chi connectivity index (χ2v) is 7.53. The molecular weight excluding hydrogens is 388 g/mol. The molecule has 0 aliphatic rings. The molecule has 1 heterocycles. The lowest BCUT2D eigenvalue weighted by Gasteiger charge is -2.20. The first-order valence-electron chi connectivity index (χ1n) is 7.86. The number of fused-ring (bicyclic) bond motifs is 1. The smallest absolute Gasteiger partial charge is 0.269 e. The van der Waals surface area contributed by atoms with Crippen molar-refractivity contribution in [3.8, 4) is 5.75 Å². The van der Waals surface area contributed by atoms with Gasteiger partial charge in [0.1, 0.15) is 10.6 Å². The van der Waals surface area contributed by atoms with Gasteiger partial charge < -0.3 is 9.64 Å². The second kappa shape index (κ2) is 8.03. The van der Waals surface area contributed by atoms with Gasteiger partial charge in [-0.05, 0) is 36.0 Å². The number of nitrogens with one attached hydrogen (secondary N) is 1. The number of benzene rings is 2. The predicted octanol–water partition coefficient (Wildman–Crippen LogP) is 4.71. The average molecular weight is 405 g/mol. The zero-order valence-corrected chi connectivity index (χ0v) is 16.7. The van der Waals surface area contributed by atoms with E-state index in [0.29, 0.717) is 21.6 Å². The zero-order valence-electron chi connectivity index (χ0n) is 14.3. The van der Waals surface area contributed by atoms with Crippen molar-refractivity contribution in [2.45, 2.75) is 6.54 Å². The van der Waals surface area contributed by atoms with E-state index >= 15 is 0 Å². The molecule has 26 heavy (non-hydrogen) atoms. The molecule has 0 saturated carbocycles. The number of carbonyl (C=O) groups is 1. The Balaban J connectivity index is 1.74. The van der Waals surface area contributed by atoms with Crippen molar-refractivity contribution in [2.24, 2.45) is 0 Å². The molecule has 3 rings (SSSR count). The minimum absolute atomic E-state index is 0.305. The zero-order chi connectivity index (χ0) is 18.7. The van der Waals surface area contributed by atoms with Crippen molar-refractivity contribution in [3.63, 3.8) is 0 Å². The van der Waals surface area contributed by atoms with Gasteiger partial charge in [0, 0.05) is 23.7 Å². The third-order valence-corrected chi connectivity index (χ3v) is 5.94. The second-order valence-electron chi connectivity index (χ2n) is 5.71. The van der Waals surface area contributed by atoms with Crippen LogP contribution in [-0.2, 0) is 6.54 Å². The molecule has 0 fully saturated rings. The van der Waals surface area contributed by atoms with Crippen LogP contribution in [0.4, 0.5) is 0 Å². The molecular formula is C19H17ClN2O2S2. The Morgan fingerprint density at radius 2 is 2.00 bits per heavy atom. The highest BCUT2D eigenvalue weighted by Gasteiger charge is 2.19. The van der Waals surface area contributed by atoms with Gasteiger partial charge in [-0.3, -0.25) is 10.1 Å². The first-order valence-corrected chi connectivity index (χ1v) is 9.46. The van der Waals surface area contributed by atoms with Crippen molar-refractivity contribution >= 4 is 56.3 Å². The highest BCUT2D eigenvalue weighted by molar-refractivity contribution is 7.80. The molecule has 134 valence electrons. The summed E-state index contributed by atoms with van der Waals surface area (Å²) in [6.45, 7) is 0.608. The molecule has 0 spiro atoms. The van der Waals surface area contributed by atoms with Gasteiger partial charge in [0.05, 0.1) is 12.1 Å². The molecule has 2 aromatic carbocycles. The van der Waals surface area contributed by atoms with E-state index in [-0.39, 0.29) is 5.91 Å².